The number of carbonyl (C=O) groups excluding carboxylic acids is 1. The van der Waals surface area contributed by atoms with Crippen molar-refractivity contribution in [1.29, 1.82) is 0 Å². The first-order valence-corrected chi connectivity index (χ1v) is 9.83. The monoisotopic (exact) mass is 510 g/mol. The SMILES string of the molecule is C[C@@]1(c2cc(NC(=O)Oc3ncc(C(F)F)cc3Cl)ccc2F)CO[C@@](C)(C(F)(F)F)C(N)=N1. The number of pyridine rings is 1. The zero-order valence-electron chi connectivity index (χ0n) is 17.5. The zero-order valence-corrected chi connectivity index (χ0v) is 18.3. The highest BCUT2D eigenvalue weighted by atomic mass is 35.5. The first kappa shape index (κ1) is 25.6. The fourth-order valence-corrected chi connectivity index (χ4v) is 3.22. The van der Waals surface area contributed by atoms with Crippen LogP contribution in [0, 0.1) is 5.82 Å². The molecule has 2 heterocycles. The number of nitrogens with one attached hydrogen (secondary N) is 1. The standard InChI is InChI=1S/C20H17ClF6N4O3/c1-18(8-33-19(2,16(28)31-18)20(25,26)27)11-6-10(3-4-13(11)22)30-17(32)34-15-12(21)5-9(7-29-15)14(23)24/h3-7,14H,8H2,1-2H3,(H2,28,31)(H,30,32)/t18-,19+/m0/s1. The lowest BCUT2D eigenvalue weighted by molar-refractivity contribution is -0.249. The lowest BCUT2D eigenvalue weighted by Gasteiger charge is -2.41. The highest BCUT2D eigenvalue weighted by Gasteiger charge is 2.59. The van der Waals surface area contributed by atoms with Gasteiger partial charge in [0.05, 0.1) is 6.61 Å². The Hall–Kier alpha value is -3.06. The molecule has 2 atom stereocenters. The molecule has 184 valence electrons. The van der Waals surface area contributed by atoms with Crippen LogP contribution in [0.1, 0.15) is 31.4 Å². The predicted molar refractivity (Wildman–Crippen MR) is 110 cm³/mol. The van der Waals surface area contributed by atoms with Gasteiger partial charge in [0.25, 0.3) is 6.43 Å². The third kappa shape index (κ3) is 4.89. The van der Waals surface area contributed by atoms with E-state index >= 15 is 0 Å². The van der Waals surface area contributed by atoms with E-state index in [1.165, 1.54) is 6.92 Å². The third-order valence-corrected chi connectivity index (χ3v) is 5.37. The molecule has 7 nitrogen and oxygen atoms in total. The topological polar surface area (TPSA) is 98.8 Å². The summed E-state index contributed by atoms with van der Waals surface area (Å²) in [6.45, 7) is 1.36. The van der Waals surface area contributed by atoms with Crippen LogP contribution < -0.4 is 15.8 Å². The van der Waals surface area contributed by atoms with Crippen molar-refractivity contribution in [3.05, 3.63) is 52.4 Å². The Morgan fingerprint density at radius 3 is 2.53 bits per heavy atom. The van der Waals surface area contributed by atoms with Crippen molar-refractivity contribution < 1.29 is 40.6 Å². The van der Waals surface area contributed by atoms with E-state index in [2.05, 4.69) is 15.3 Å². The second-order valence-corrected chi connectivity index (χ2v) is 8.06. The number of amidine groups is 1. The molecule has 0 radical (unpaired) electrons. The van der Waals surface area contributed by atoms with Gasteiger partial charge in [-0.15, -0.1) is 0 Å². The average Bonchev–Trinajstić information content (AvgIpc) is 2.73. The van der Waals surface area contributed by atoms with Crippen molar-refractivity contribution in [3.63, 3.8) is 0 Å². The van der Waals surface area contributed by atoms with Crippen LogP contribution in [0.25, 0.3) is 0 Å². The summed E-state index contributed by atoms with van der Waals surface area (Å²) in [5.41, 5.74) is 0.335. The number of anilines is 1. The number of alkyl halides is 5. The van der Waals surface area contributed by atoms with E-state index in [9.17, 15) is 31.1 Å². The number of hydrogen-bond acceptors (Lipinski definition) is 6. The summed E-state index contributed by atoms with van der Waals surface area (Å²) in [5.74, 6) is -2.19. The Morgan fingerprint density at radius 2 is 1.97 bits per heavy atom. The van der Waals surface area contributed by atoms with Crippen molar-refractivity contribution in [1.82, 2.24) is 4.98 Å². The minimum Gasteiger partial charge on any atom is -0.389 e. The predicted octanol–water partition coefficient (Wildman–Crippen LogP) is 5.35. The molecule has 3 N–H and O–H groups in total. The summed E-state index contributed by atoms with van der Waals surface area (Å²) in [7, 11) is 0. The zero-order chi connectivity index (χ0) is 25.5. The van der Waals surface area contributed by atoms with Crippen LogP contribution in [0.4, 0.5) is 36.8 Å². The number of ether oxygens (including phenoxy) is 2. The molecular weight excluding hydrogens is 494 g/mol. The van der Waals surface area contributed by atoms with Gasteiger partial charge in [-0.05, 0) is 38.1 Å². The molecule has 1 aromatic carbocycles. The summed E-state index contributed by atoms with van der Waals surface area (Å²) in [6, 6.07) is 4.08. The minimum absolute atomic E-state index is 0.0270. The highest BCUT2D eigenvalue weighted by molar-refractivity contribution is 6.32. The Bertz CT molecular complexity index is 1150. The Morgan fingerprint density at radius 1 is 1.29 bits per heavy atom. The van der Waals surface area contributed by atoms with Gasteiger partial charge in [0.2, 0.25) is 11.5 Å². The summed E-state index contributed by atoms with van der Waals surface area (Å²) in [6.07, 6.45) is -8.05. The second kappa shape index (κ2) is 8.95. The number of hydrogen-bond donors (Lipinski definition) is 2. The molecule has 1 amide bonds. The molecule has 0 unspecified atom stereocenters. The first-order valence-electron chi connectivity index (χ1n) is 9.45. The maximum absolute atomic E-state index is 14.6. The summed E-state index contributed by atoms with van der Waals surface area (Å²) in [5, 5.41) is 1.91. The lowest BCUT2D eigenvalue weighted by Crippen LogP contribution is -2.60. The molecule has 0 bridgehead atoms. The average molecular weight is 511 g/mol. The van der Waals surface area contributed by atoms with E-state index in [-0.39, 0.29) is 16.3 Å². The van der Waals surface area contributed by atoms with E-state index in [0.29, 0.717) is 6.92 Å². The van der Waals surface area contributed by atoms with E-state index in [4.69, 9.17) is 26.8 Å². The van der Waals surface area contributed by atoms with Crippen molar-refractivity contribution in [2.45, 2.75) is 37.6 Å². The van der Waals surface area contributed by atoms with Crippen molar-refractivity contribution in [2.75, 3.05) is 11.9 Å². The molecule has 14 heteroatoms. The molecule has 2 aromatic rings. The van der Waals surface area contributed by atoms with Crippen molar-refractivity contribution in [3.8, 4) is 5.88 Å². The smallest absolute Gasteiger partial charge is 0.389 e. The molecule has 0 saturated heterocycles. The minimum atomic E-state index is -4.85. The molecule has 1 aliphatic rings. The van der Waals surface area contributed by atoms with Crippen LogP contribution in [0.5, 0.6) is 5.88 Å². The third-order valence-electron chi connectivity index (χ3n) is 5.10. The van der Waals surface area contributed by atoms with E-state index in [0.717, 1.165) is 30.5 Å². The Labute approximate surface area is 193 Å². The molecular formula is C20H17ClF6N4O3. The molecule has 0 aliphatic carbocycles. The van der Waals surface area contributed by atoms with Crippen LogP contribution in [-0.2, 0) is 10.3 Å². The first-order chi connectivity index (χ1) is 15.7. The summed E-state index contributed by atoms with van der Waals surface area (Å²) < 4.78 is 89.7. The van der Waals surface area contributed by atoms with Gasteiger partial charge in [-0.25, -0.2) is 22.9 Å². The van der Waals surface area contributed by atoms with Crippen LogP contribution in [0.15, 0.2) is 35.5 Å². The van der Waals surface area contributed by atoms with Gasteiger partial charge in [0, 0.05) is 23.0 Å². The van der Waals surface area contributed by atoms with Crippen LogP contribution in [0.2, 0.25) is 5.02 Å². The fourth-order valence-electron chi connectivity index (χ4n) is 3.01. The maximum Gasteiger partial charge on any atom is 0.424 e. The quantitative estimate of drug-likeness (QED) is 0.541. The number of halogens is 7. The molecule has 1 aliphatic heterocycles. The molecule has 1 aromatic heterocycles. The van der Waals surface area contributed by atoms with Gasteiger partial charge in [-0.2, -0.15) is 13.2 Å². The molecule has 0 saturated carbocycles. The molecule has 0 spiro atoms. The van der Waals surface area contributed by atoms with Gasteiger partial charge in [0.15, 0.2) is 0 Å². The van der Waals surface area contributed by atoms with Crippen molar-refractivity contribution >= 4 is 29.2 Å². The van der Waals surface area contributed by atoms with Gasteiger partial charge >= 0.3 is 12.3 Å². The molecule has 0 fully saturated rings. The lowest BCUT2D eigenvalue weighted by atomic mass is 9.89. The Kier molecular flexibility index (Phi) is 6.73. The highest BCUT2D eigenvalue weighted by Crippen LogP contribution is 2.41. The number of aromatic nitrogens is 1. The van der Waals surface area contributed by atoms with E-state index in [1.54, 1.807) is 0 Å². The number of nitrogens with two attached hydrogens (primary N) is 1. The number of benzene rings is 1. The summed E-state index contributed by atoms with van der Waals surface area (Å²) >= 11 is 5.78. The largest absolute Gasteiger partial charge is 0.424 e. The van der Waals surface area contributed by atoms with Crippen LogP contribution in [-0.4, -0.2) is 35.3 Å². The molecule has 3 rings (SSSR count). The van der Waals surface area contributed by atoms with E-state index < -0.39 is 59.5 Å². The number of nitrogens with zero attached hydrogens (tertiary/aromatic N) is 2. The second-order valence-electron chi connectivity index (χ2n) is 7.66. The number of amides is 1. The van der Waals surface area contributed by atoms with Gasteiger partial charge < -0.3 is 15.2 Å². The van der Waals surface area contributed by atoms with Crippen molar-refractivity contribution in [2.24, 2.45) is 10.7 Å². The molecule has 34 heavy (non-hydrogen) atoms. The van der Waals surface area contributed by atoms with Gasteiger partial charge in [0.1, 0.15) is 22.2 Å². The Balaban J connectivity index is 1.83. The summed E-state index contributed by atoms with van der Waals surface area (Å²) in [4.78, 5) is 19.6. The van der Waals surface area contributed by atoms with E-state index in [1.807, 2.05) is 0 Å². The van der Waals surface area contributed by atoms with Gasteiger partial charge in [-0.3, -0.25) is 10.3 Å². The maximum atomic E-state index is 14.6. The normalized spacial score (nSPS) is 22.9. The van der Waals surface area contributed by atoms with Gasteiger partial charge in [-0.1, -0.05) is 11.6 Å². The number of carbonyl (C=O) groups is 1. The van der Waals surface area contributed by atoms with Crippen LogP contribution >= 0.6 is 11.6 Å². The number of aliphatic imine (C=N–C) groups is 1. The fraction of sp³-hybridized carbons (Fsp3) is 0.350. The van der Waals surface area contributed by atoms with Crippen LogP contribution in [0.3, 0.4) is 0 Å². The number of rotatable bonds is 4.